The smallest absolute Gasteiger partial charge is 0.382 e. The van der Waals surface area contributed by atoms with Crippen LogP contribution in [0.4, 0.5) is 28.9 Å². The zero-order valence-electron chi connectivity index (χ0n) is 24.4. The average molecular weight is 634 g/mol. The molecule has 1 aromatic heterocycles. The number of hydrogen-bond donors (Lipinski definition) is 1. The fourth-order valence-electron chi connectivity index (χ4n) is 4.30. The van der Waals surface area contributed by atoms with Crippen molar-refractivity contribution in [1.82, 2.24) is 20.2 Å². The number of hydrogen-bond acceptors (Lipinski definition) is 8. The summed E-state index contributed by atoms with van der Waals surface area (Å²) in [6.45, 7) is 1.45. The minimum absolute atomic E-state index is 0.0241. The molecule has 5 aromatic rings. The molecule has 4 aromatic carbocycles. The van der Waals surface area contributed by atoms with Gasteiger partial charge in [0.15, 0.2) is 0 Å². The lowest BCUT2D eigenvalue weighted by Gasteiger charge is -2.19. The van der Waals surface area contributed by atoms with E-state index < -0.39 is 34.9 Å². The van der Waals surface area contributed by atoms with Gasteiger partial charge in [0.25, 0.3) is 0 Å². The lowest BCUT2D eigenvalue weighted by molar-refractivity contribution is -0.175. The molecule has 9 nitrogen and oxygen atoms in total. The molecule has 46 heavy (non-hydrogen) atoms. The fourth-order valence-corrected chi connectivity index (χ4v) is 4.30. The molecule has 0 amide bonds. The molecule has 0 fully saturated rings. The van der Waals surface area contributed by atoms with Crippen LogP contribution in [0.2, 0.25) is 0 Å². The third-order valence-corrected chi connectivity index (χ3v) is 6.82. The summed E-state index contributed by atoms with van der Waals surface area (Å²) in [7, 11) is 0. The van der Waals surface area contributed by atoms with Gasteiger partial charge in [0.2, 0.25) is 5.82 Å². The van der Waals surface area contributed by atoms with Gasteiger partial charge in [0.05, 0.1) is 6.54 Å². The third-order valence-electron chi connectivity index (χ3n) is 6.82. The lowest BCUT2D eigenvalue weighted by Crippen LogP contribution is -2.28. The van der Waals surface area contributed by atoms with Crippen LogP contribution in [0.25, 0.3) is 11.4 Å². The molecule has 0 radical (unpaired) electrons. The predicted molar refractivity (Wildman–Crippen MR) is 159 cm³/mol. The van der Waals surface area contributed by atoms with Crippen molar-refractivity contribution in [3.8, 4) is 11.4 Å². The number of aromatic nitrogens is 4. The number of ether oxygens (including phenoxy) is 2. The summed E-state index contributed by atoms with van der Waals surface area (Å²) in [6.07, 6.45) is 0. The molecule has 13 heteroatoms. The number of nitrogens with one attached hydrogen (secondary N) is 1. The summed E-state index contributed by atoms with van der Waals surface area (Å²) in [5, 5.41) is 15.0. The van der Waals surface area contributed by atoms with Crippen LogP contribution in [-0.4, -0.2) is 32.1 Å². The van der Waals surface area contributed by atoms with Crippen LogP contribution in [-0.2, 0) is 50.7 Å². The Morgan fingerprint density at radius 2 is 1.26 bits per heavy atom. The Labute approximate surface area is 260 Å². The Morgan fingerprint density at radius 3 is 1.78 bits per heavy atom. The van der Waals surface area contributed by atoms with Crippen LogP contribution in [0.15, 0.2) is 103 Å². The highest BCUT2D eigenvalue weighted by Gasteiger charge is 2.44. The quantitative estimate of drug-likeness (QED) is 0.118. The Bertz CT molecular complexity index is 1800. The van der Waals surface area contributed by atoms with Crippen LogP contribution in [0, 0.1) is 0 Å². The van der Waals surface area contributed by atoms with Crippen molar-refractivity contribution in [2.45, 2.75) is 38.5 Å². The number of rotatable bonds is 12. The van der Waals surface area contributed by atoms with E-state index in [1.807, 2.05) is 0 Å². The second-order valence-electron chi connectivity index (χ2n) is 10.0. The molecule has 5 rings (SSSR count). The Morgan fingerprint density at radius 1 is 0.739 bits per heavy atom. The minimum Gasteiger partial charge on any atom is -0.456 e. The van der Waals surface area contributed by atoms with Crippen LogP contribution in [0.5, 0.6) is 0 Å². The minimum atomic E-state index is -4.02. The number of carbonyl (C=O) groups is 2. The van der Waals surface area contributed by atoms with Crippen molar-refractivity contribution in [2.24, 2.45) is 0 Å². The van der Waals surface area contributed by atoms with Gasteiger partial charge < -0.3 is 14.8 Å². The number of halogens is 4. The number of nitrogens with zero attached hydrogens (tertiary/aromatic N) is 4. The normalized spacial score (nSPS) is 11.6. The van der Waals surface area contributed by atoms with Crippen molar-refractivity contribution in [3.63, 3.8) is 0 Å². The number of anilines is 2. The van der Waals surface area contributed by atoms with Crippen molar-refractivity contribution < 1.29 is 36.6 Å². The first-order chi connectivity index (χ1) is 22.1. The first-order valence-electron chi connectivity index (χ1n) is 14.1. The lowest BCUT2D eigenvalue weighted by atomic mass is 10.0. The van der Waals surface area contributed by atoms with E-state index in [0.29, 0.717) is 17.7 Å². The number of benzene rings is 4. The predicted octanol–water partition coefficient (Wildman–Crippen LogP) is 6.77. The van der Waals surface area contributed by atoms with E-state index >= 15 is 8.78 Å². The van der Waals surface area contributed by atoms with Gasteiger partial charge in [0, 0.05) is 28.1 Å². The van der Waals surface area contributed by atoms with Gasteiger partial charge in [-0.2, -0.15) is 22.4 Å². The second kappa shape index (κ2) is 13.6. The molecule has 0 spiro atoms. The monoisotopic (exact) mass is 633 g/mol. The highest BCUT2D eigenvalue weighted by atomic mass is 19.3. The van der Waals surface area contributed by atoms with E-state index in [4.69, 9.17) is 9.47 Å². The SMILES string of the molecule is CCn1nnc(-c2cc(C(F)(F)C(=O)OCc3ccccc3)ccc2Nc2ccc(C(F)(F)C(=O)OCc3ccccc3)cc2)n1. The molecule has 1 heterocycles. The number of alkyl halides is 4. The van der Waals surface area contributed by atoms with Crippen LogP contribution < -0.4 is 5.32 Å². The summed E-state index contributed by atoms with van der Waals surface area (Å²) >= 11 is 0. The van der Waals surface area contributed by atoms with Gasteiger partial charge in [0.1, 0.15) is 13.2 Å². The van der Waals surface area contributed by atoms with E-state index in [0.717, 1.165) is 24.3 Å². The Kier molecular flexibility index (Phi) is 9.40. The molecule has 0 aliphatic rings. The van der Waals surface area contributed by atoms with Crippen LogP contribution in [0.3, 0.4) is 0 Å². The van der Waals surface area contributed by atoms with E-state index in [-0.39, 0.29) is 36.0 Å². The standard InChI is InChI=1S/C33H27F4N5O4/c1-2-42-40-29(39-41-42)27-19-25(33(36,37)31(44)46-21-23-11-7-4-8-12-23)15-18-28(27)38-26-16-13-24(14-17-26)32(34,35)30(43)45-20-22-9-5-3-6-10-22/h3-19,38H,2,20-21H2,1H3. The zero-order valence-corrected chi connectivity index (χ0v) is 24.4. The van der Waals surface area contributed by atoms with Gasteiger partial charge >= 0.3 is 23.8 Å². The topological polar surface area (TPSA) is 108 Å². The van der Waals surface area contributed by atoms with E-state index in [1.165, 1.54) is 23.0 Å². The second-order valence-corrected chi connectivity index (χ2v) is 10.0. The highest BCUT2D eigenvalue weighted by molar-refractivity contribution is 5.84. The third kappa shape index (κ3) is 7.20. The summed E-state index contributed by atoms with van der Waals surface area (Å²) in [6, 6.07) is 24.8. The summed E-state index contributed by atoms with van der Waals surface area (Å²) in [5.74, 6) is -11.4. The van der Waals surface area contributed by atoms with Crippen LogP contribution >= 0.6 is 0 Å². The average Bonchev–Trinajstić information content (AvgIpc) is 3.56. The zero-order chi connectivity index (χ0) is 32.7. The first kappa shape index (κ1) is 31.8. The van der Waals surface area contributed by atoms with E-state index in [2.05, 4.69) is 20.7 Å². The molecule has 0 saturated heterocycles. The van der Waals surface area contributed by atoms with Crippen molar-refractivity contribution in [2.75, 3.05) is 5.32 Å². The number of tetrazole rings is 1. The number of aryl methyl sites for hydroxylation is 1. The highest BCUT2D eigenvalue weighted by Crippen LogP contribution is 2.37. The molecule has 0 unspecified atom stereocenters. The summed E-state index contributed by atoms with van der Waals surface area (Å²) in [5.41, 5.74) is 0.378. The maximum absolute atomic E-state index is 15.3. The fraction of sp³-hybridized carbons (Fsp3) is 0.182. The maximum Gasteiger partial charge on any atom is 0.382 e. The largest absolute Gasteiger partial charge is 0.456 e. The Hall–Kier alpha value is -5.59. The molecule has 0 bridgehead atoms. The Balaban J connectivity index is 1.35. The van der Waals surface area contributed by atoms with Crippen molar-refractivity contribution in [1.29, 1.82) is 0 Å². The molecular formula is C33H27F4N5O4. The number of carbonyl (C=O) groups excluding carboxylic acids is 2. The van der Waals surface area contributed by atoms with E-state index in [1.54, 1.807) is 67.6 Å². The molecule has 0 atom stereocenters. The number of esters is 2. The maximum atomic E-state index is 15.3. The van der Waals surface area contributed by atoms with Gasteiger partial charge in [-0.3, -0.25) is 0 Å². The van der Waals surface area contributed by atoms with Crippen LogP contribution in [0.1, 0.15) is 29.2 Å². The van der Waals surface area contributed by atoms with Crippen molar-refractivity contribution >= 4 is 23.3 Å². The molecule has 0 saturated carbocycles. The first-order valence-corrected chi connectivity index (χ1v) is 14.1. The summed E-state index contributed by atoms with van der Waals surface area (Å²) < 4.78 is 70.0. The molecule has 1 N–H and O–H groups in total. The van der Waals surface area contributed by atoms with Gasteiger partial charge in [-0.05, 0) is 47.5 Å². The molecule has 236 valence electrons. The van der Waals surface area contributed by atoms with Gasteiger partial charge in [-0.15, -0.1) is 10.2 Å². The van der Waals surface area contributed by atoms with E-state index in [9.17, 15) is 18.4 Å². The van der Waals surface area contributed by atoms with Gasteiger partial charge in [-0.25, -0.2) is 9.59 Å². The van der Waals surface area contributed by atoms with Crippen molar-refractivity contribution in [3.05, 3.63) is 125 Å². The summed E-state index contributed by atoms with van der Waals surface area (Å²) in [4.78, 5) is 25.9. The molecular weight excluding hydrogens is 606 g/mol. The molecule has 0 aliphatic heterocycles. The molecule has 0 aliphatic carbocycles. The van der Waals surface area contributed by atoms with Gasteiger partial charge in [-0.1, -0.05) is 78.9 Å².